The maximum atomic E-state index is 11.6. The van der Waals surface area contributed by atoms with Gasteiger partial charge < -0.3 is 15.5 Å². The molecule has 0 saturated heterocycles. The molecule has 1 atom stereocenters. The monoisotopic (exact) mass is 290 g/mol. The van der Waals surface area contributed by atoms with E-state index in [2.05, 4.69) is 4.98 Å². The predicted octanol–water partition coefficient (Wildman–Crippen LogP) is -1.14. The Kier molecular flexibility index (Phi) is 4.40. The number of carbonyl (C=O) groups excluding carboxylic acids is 1. The lowest BCUT2D eigenvalue weighted by Gasteiger charge is -2.12. The molecule has 4 N–H and O–H groups in total. The third-order valence-corrected chi connectivity index (χ3v) is 2.74. The Bertz CT molecular complexity index is 598. The Hall–Kier alpha value is -2.20. The number of aliphatic carboxylic acids is 1. The van der Waals surface area contributed by atoms with Gasteiger partial charge in [-0.1, -0.05) is 0 Å². The number of aromatic hydroxyl groups is 1. The molecule has 0 saturated carbocycles. The molecule has 1 amide bonds. The Balaban J connectivity index is 2.89. The highest BCUT2D eigenvalue weighted by atomic mass is 32.2. The van der Waals surface area contributed by atoms with Gasteiger partial charge in [0.2, 0.25) is 0 Å². The van der Waals surface area contributed by atoms with E-state index in [4.69, 9.17) is 9.66 Å². The third-order valence-electron chi connectivity index (χ3n) is 1.98. The molecule has 1 aromatic heterocycles. The largest absolute Gasteiger partial charge is 0.505 e. The maximum absolute atomic E-state index is 11.6. The van der Waals surface area contributed by atoms with Crippen molar-refractivity contribution in [3.8, 4) is 5.75 Å². The second-order valence-electron chi connectivity index (χ2n) is 3.48. The van der Waals surface area contributed by atoms with E-state index in [1.54, 1.807) is 0 Å². The maximum Gasteiger partial charge on any atom is 0.327 e. The van der Waals surface area contributed by atoms with Crippen LogP contribution in [-0.4, -0.2) is 51.8 Å². The summed E-state index contributed by atoms with van der Waals surface area (Å²) in [5.41, 5.74) is -0.455. The van der Waals surface area contributed by atoms with E-state index in [-0.39, 0.29) is 0 Å². The molecule has 0 aliphatic carbocycles. The van der Waals surface area contributed by atoms with Crippen molar-refractivity contribution >= 4 is 22.0 Å². The van der Waals surface area contributed by atoms with Crippen molar-refractivity contribution in [3.63, 3.8) is 0 Å². The summed E-state index contributed by atoms with van der Waals surface area (Å²) < 4.78 is 29.8. The minimum absolute atomic E-state index is 0.455. The summed E-state index contributed by atoms with van der Waals surface area (Å²) in [4.78, 5) is 25.9. The molecule has 1 rings (SSSR count). The summed E-state index contributed by atoms with van der Waals surface area (Å²) in [5.74, 6) is -4.41. The zero-order chi connectivity index (χ0) is 14.6. The molecule has 19 heavy (non-hydrogen) atoms. The van der Waals surface area contributed by atoms with Gasteiger partial charge in [0.05, 0.1) is 0 Å². The highest BCUT2D eigenvalue weighted by Crippen LogP contribution is 2.12. The number of nitrogens with one attached hydrogen (secondary N) is 1. The average Bonchev–Trinajstić information content (AvgIpc) is 2.26. The van der Waals surface area contributed by atoms with Gasteiger partial charge in [-0.15, -0.1) is 0 Å². The van der Waals surface area contributed by atoms with E-state index in [1.165, 1.54) is 12.3 Å². The molecule has 104 valence electrons. The summed E-state index contributed by atoms with van der Waals surface area (Å²) in [6.45, 7) is 0. The summed E-state index contributed by atoms with van der Waals surface area (Å²) >= 11 is 0. The molecular formula is C9H10N2O7S. The molecule has 0 radical (unpaired) electrons. The van der Waals surface area contributed by atoms with Crippen molar-refractivity contribution in [3.05, 3.63) is 24.0 Å². The van der Waals surface area contributed by atoms with Gasteiger partial charge in [0.15, 0.2) is 5.69 Å². The van der Waals surface area contributed by atoms with Gasteiger partial charge in [-0.25, -0.2) is 9.78 Å². The van der Waals surface area contributed by atoms with Crippen molar-refractivity contribution in [2.75, 3.05) is 5.75 Å². The van der Waals surface area contributed by atoms with Crippen LogP contribution in [-0.2, 0) is 14.9 Å². The molecule has 1 heterocycles. The van der Waals surface area contributed by atoms with Crippen LogP contribution in [0.3, 0.4) is 0 Å². The van der Waals surface area contributed by atoms with Gasteiger partial charge in [-0.05, 0) is 12.1 Å². The van der Waals surface area contributed by atoms with E-state index in [9.17, 15) is 23.1 Å². The third kappa shape index (κ3) is 4.52. The van der Waals surface area contributed by atoms with E-state index in [0.717, 1.165) is 6.07 Å². The first-order valence-corrected chi connectivity index (χ1v) is 6.44. The van der Waals surface area contributed by atoms with Gasteiger partial charge in [0.1, 0.15) is 17.5 Å². The summed E-state index contributed by atoms with van der Waals surface area (Å²) in [6.07, 6.45) is 1.19. The quantitative estimate of drug-likeness (QED) is 0.496. The molecule has 0 spiro atoms. The van der Waals surface area contributed by atoms with Gasteiger partial charge >= 0.3 is 5.97 Å². The van der Waals surface area contributed by atoms with Crippen LogP contribution in [0.4, 0.5) is 0 Å². The lowest BCUT2D eigenvalue weighted by atomic mass is 10.2. The fraction of sp³-hybridized carbons (Fsp3) is 0.222. The molecule has 0 fully saturated rings. The zero-order valence-electron chi connectivity index (χ0n) is 9.35. The second-order valence-corrected chi connectivity index (χ2v) is 4.98. The average molecular weight is 290 g/mol. The SMILES string of the molecule is O=C(NC(CS(=O)(=O)O)C(=O)O)c1ncccc1O. The summed E-state index contributed by atoms with van der Waals surface area (Å²) in [5, 5.41) is 19.9. The Morgan fingerprint density at radius 2 is 2.05 bits per heavy atom. The van der Waals surface area contributed by atoms with E-state index in [1.807, 2.05) is 5.32 Å². The fourth-order valence-electron chi connectivity index (χ4n) is 1.18. The molecule has 1 unspecified atom stereocenters. The van der Waals surface area contributed by atoms with E-state index >= 15 is 0 Å². The van der Waals surface area contributed by atoms with Crippen LogP contribution in [0.5, 0.6) is 5.75 Å². The van der Waals surface area contributed by atoms with Gasteiger partial charge in [-0.3, -0.25) is 9.35 Å². The smallest absolute Gasteiger partial charge is 0.327 e. The number of pyridine rings is 1. The van der Waals surface area contributed by atoms with Crippen molar-refractivity contribution in [2.24, 2.45) is 0 Å². The van der Waals surface area contributed by atoms with Crippen LogP contribution in [0.25, 0.3) is 0 Å². The molecular weight excluding hydrogens is 280 g/mol. The number of amides is 1. The normalized spacial score (nSPS) is 12.7. The van der Waals surface area contributed by atoms with Crippen molar-refractivity contribution in [1.82, 2.24) is 10.3 Å². The minimum atomic E-state index is -4.58. The lowest BCUT2D eigenvalue weighted by molar-refractivity contribution is -0.138. The number of nitrogens with zero attached hydrogens (tertiary/aromatic N) is 1. The molecule has 10 heteroatoms. The number of carboxylic acid groups (broad SMARTS) is 1. The van der Waals surface area contributed by atoms with Crippen LogP contribution in [0.2, 0.25) is 0 Å². The van der Waals surface area contributed by atoms with Crippen molar-refractivity contribution in [2.45, 2.75) is 6.04 Å². The van der Waals surface area contributed by atoms with E-state index < -0.39 is 45.2 Å². The molecule has 0 bridgehead atoms. The van der Waals surface area contributed by atoms with Crippen LogP contribution >= 0.6 is 0 Å². The Morgan fingerprint density at radius 3 is 2.53 bits per heavy atom. The number of rotatable bonds is 5. The highest BCUT2D eigenvalue weighted by molar-refractivity contribution is 7.85. The predicted molar refractivity (Wildman–Crippen MR) is 61.2 cm³/mol. The number of aromatic nitrogens is 1. The van der Waals surface area contributed by atoms with Crippen LogP contribution in [0.1, 0.15) is 10.5 Å². The molecule has 9 nitrogen and oxygen atoms in total. The topological polar surface area (TPSA) is 154 Å². The molecule has 0 aliphatic heterocycles. The molecule has 1 aromatic rings. The first-order valence-electron chi connectivity index (χ1n) is 4.83. The van der Waals surface area contributed by atoms with Crippen LogP contribution in [0.15, 0.2) is 18.3 Å². The van der Waals surface area contributed by atoms with Gasteiger partial charge in [0, 0.05) is 6.20 Å². The zero-order valence-corrected chi connectivity index (χ0v) is 10.2. The molecule has 0 aromatic carbocycles. The highest BCUT2D eigenvalue weighted by Gasteiger charge is 2.27. The van der Waals surface area contributed by atoms with Crippen molar-refractivity contribution < 1.29 is 32.8 Å². The summed E-state index contributed by atoms with van der Waals surface area (Å²) in [7, 11) is -4.58. The standard InChI is InChI=1S/C9H10N2O7S/c12-6-2-1-3-10-7(6)8(13)11-5(9(14)15)4-19(16,17)18/h1-3,5,12H,4H2,(H,11,13)(H,14,15)(H,16,17,18). The fourth-order valence-corrected chi connectivity index (χ4v) is 1.83. The minimum Gasteiger partial charge on any atom is -0.505 e. The number of carbonyl (C=O) groups is 2. The number of hydrogen-bond donors (Lipinski definition) is 4. The first-order chi connectivity index (χ1) is 8.70. The molecule has 0 aliphatic rings. The second kappa shape index (κ2) is 5.63. The first kappa shape index (κ1) is 14.9. The van der Waals surface area contributed by atoms with E-state index in [0.29, 0.717) is 0 Å². The Labute approximate surface area is 107 Å². The van der Waals surface area contributed by atoms with Crippen LogP contribution in [0, 0.1) is 0 Å². The number of carboxylic acids is 1. The Morgan fingerprint density at radius 1 is 1.42 bits per heavy atom. The van der Waals surface area contributed by atoms with Gasteiger partial charge in [0.25, 0.3) is 16.0 Å². The summed E-state index contributed by atoms with van der Waals surface area (Å²) in [6, 6.07) is 0.642. The lowest BCUT2D eigenvalue weighted by Crippen LogP contribution is -2.45. The van der Waals surface area contributed by atoms with Crippen LogP contribution < -0.4 is 5.32 Å². The van der Waals surface area contributed by atoms with Gasteiger partial charge in [-0.2, -0.15) is 8.42 Å². The number of hydrogen-bond acceptors (Lipinski definition) is 6. The van der Waals surface area contributed by atoms with Crippen molar-refractivity contribution in [1.29, 1.82) is 0 Å².